The highest BCUT2D eigenvalue weighted by Gasteiger charge is 2.21. The van der Waals surface area contributed by atoms with Crippen molar-refractivity contribution in [2.75, 3.05) is 0 Å². The molecular formula is C43H27N3. The lowest BCUT2D eigenvalue weighted by Crippen LogP contribution is -2.01. The van der Waals surface area contributed by atoms with Crippen LogP contribution in [0.15, 0.2) is 164 Å². The first-order valence-electron chi connectivity index (χ1n) is 15.7. The Kier molecular flexibility index (Phi) is 5.28. The quantitative estimate of drug-likeness (QED) is 0.189. The van der Waals surface area contributed by atoms with Gasteiger partial charge in [-0.1, -0.05) is 127 Å². The second kappa shape index (κ2) is 9.65. The van der Waals surface area contributed by atoms with E-state index in [1.807, 2.05) is 0 Å². The molecule has 0 spiro atoms. The van der Waals surface area contributed by atoms with Crippen molar-refractivity contribution in [3.8, 4) is 28.2 Å². The van der Waals surface area contributed by atoms with Crippen molar-refractivity contribution in [3.05, 3.63) is 164 Å². The van der Waals surface area contributed by atoms with Crippen molar-refractivity contribution < 1.29 is 0 Å². The Bertz CT molecular complexity index is 2730. The Balaban J connectivity index is 1.43. The summed E-state index contributed by atoms with van der Waals surface area (Å²) in [4.78, 5) is 5.42. The Morgan fingerprint density at radius 2 is 1.02 bits per heavy atom. The van der Waals surface area contributed by atoms with Crippen molar-refractivity contribution in [3.63, 3.8) is 0 Å². The second-order valence-corrected chi connectivity index (χ2v) is 12.0. The molecule has 0 radical (unpaired) electrons. The number of hydrogen-bond acceptors (Lipinski definition) is 1. The Labute approximate surface area is 265 Å². The van der Waals surface area contributed by atoms with Crippen LogP contribution in [0.1, 0.15) is 0 Å². The molecule has 6 aromatic carbocycles. The van der Waals surface area contributed by atoms with Crippen LogP contribution in [0.4, 0.5) is 0 Å². The lowest BCUT2D eigenvalue weighted by molar-refractivity contribution is 1.09. The van der Waals surface area contributed by atoms with Crippen molar-refractivity contribution in [2.45, 2.75) is 0 Å². The fourth-order valence-electron chi connectivity index (χ4n) is 7.46. The Hall–Kier alpha value is -6.19. The van der Waals surface area contributed by atoms with E-state index in [9.17, 15) is 0 Å². The van der Waals surface area contributed by atoms with Crippen LogP contribution in [0.5, 0.6) is 0 Å². The highest BCUT2D eigenvalue weighted by molar-refractivity contribution is 6.27. The molecular weight excluding hydrogens is 558 g/mol. The number of nitrogens with zero attached hydrogens (tertiary/aromatic N) is 3. The van der Waals surface area contributed by atoms with Crippen molar-refractivity contribution in [1.82, 2.24) is 14.0 Å². The standard InChI is InChI=1S/C43H27N3/c1-3-13-28(14-4-1)31-25-36(29-15-5-2-6-16-29)44-41(27-31)46-38-22-12-10-19-33(38)35-23-24-39-42(43(35)46)34-20-9-8-18-32(34)40-26-30-17-7-11-21-37(30)45(39)40/h1-27H. The number of pyridine rings is 2. The first-order chi connectivity index (χ1) is 22.8. The van der Waals surface area contributed by atoms with Gasteiger partial charge in [0.25, 0.3) is 0 Å². The van der Waals surface area contributed by atoms with Crippen molar-refractivity contribution >= 4 is 59.9 Å². The van der Waals surface area contributed by atoms with Gasteiger partial charge in [0.05, 0.1) is 33.3 Å². The van der Waals surface area contributed by atoms with Crippen LogP contribution < -0.4 is 0 Å². The molecule has 0 fully saturated rings. The SMILES string of the molecule is c1ccc(-c2cc(-c3ccccc3)nc(-n3c4ccccc4c4ccc5c(c6ccccc6c6cc7ccccc7n65)c43)c2)cc1. The van der Waals surface area contributed by atoms with Gasteiger partial charge in [-0.2, -0.15) is 0 Å². The van der Waals surface area contributed by atoms with Gasteiger partial charge in [0, 0.05) is 32.5 Å². The van der Waals surface area contributed by atoms with Crippen LogP contribution in [0.2, 0.25) is 0 Å². The molecule has 0 amide bonds. The third-order valence-electron chi connectivity index (χ3n) is 9.46. The zero-order valence-corrected chi connectivity index (χ0v) is 24.9. The number of para-hydroxylation sites is 2. The van der Waals surface area contributed by atoms with E-state index >= 15 is 0 Å². The molecule has 0 saturated heterocycles. The molecule has 0 unspecified atom stereocenters. The molecule has 4 aromatic heterocycles. The van der Waals surface area contributed by atoms with Gasteiger partial charge in [-0.25, -0.2) is 4.98 Å². The lowest BCUT2D eigenvalue weighted by atomic mass is 10.0. The summed E-state index contributed by atoms with van der Waals surface area (Å²) in [5.41, 5.74) is 10.3. The molecule has 4 heterocycles. The molecule has 0 N–H and O–H groups in total. The molecule has 0 saturated carbocycles. The zero-order chi connectivity index (χ0) is 30.2. The summed E-state index contributed by atoms with van der Waals surface area (Å²) in [6, 6.07) is 58.8. The van der Waals surface area contributed by atoms with E-state index in [2.05, 4.69) is 173 Å². The molecule has 0 aliphatic carbocycles. The molecule has 3 heteroatoms. The zero-order valence-electron chi connectivity index (χ0n) is 24.9. The van der Waals surface area contributed by atoms with Crippen molar-refractivity contribution in [2.24, 2.45) is 0 Å². The van der Waals surface area contributed by atoms with Crippen LogP contribution in [-0.2, 0) is 0 Å². The molecule has 46 heavy (non-hydrogen) atoms. The van der Waals surface area contributed by atoms with E-state index in [-0.39, 0.29) is 0 Å². The van der Waals surface area contributed by atoms with E-state index in [0.29, 0.717) is 0 Å². The highest BCUT2D eigenvalue weighted by Crippen LogP contribution is 2.42. The monoisotopic (exact) mass is 585 g/mol. The average molecular weight is 586 g/mol. The van der Waals surface area contributed by atoms with Crippen LogP contribution in [-0.4, -0.2) is 14.0 Å². The highest BCUT2D eigenvalue weighted by atomic mass is 15.1. The first kappa shape index (κ1) is 25.2. The minimum Gasteiger partial charge on any atom is -0.309 e. The number of aromatic nitrogens is 3. The summed E-state index contributed by atoms with van der Waals surface area (Å²) in [6.07, 6.45) is 0. The van der Waals surface area contributed by atoms with Crippen LogP contribution in [0, 0.1) is 0 Å². The van der Waals surface area contributed by atoms with Gasteiger partial charge in [0.15, 0.2) is 0 Å². The van der Waals surface area contributed by atoms with Gasteiger partial charge in [0.1, 0.15) is 5.82 Å². The van der Waals surface area contributed by atoms with Crippen LogP contribution in [0.3, 0.4) is 0 Å². The predicted octanol–water partition coefficient (Wildman–Crippen LogP) is 11.2. The fourth-order valence-corrected chi connectivity index (χ4v) is 7.46. The maximum atomic E-state index is 5.42. The molecule has 0 atom stereocenters. The van der Waals surface area contributed by atoms with Gasteiger partial charge in [0.2, 0.25) is 0 Å². The Morgan fingerprint density at radius 3 is 1.80 bits per heavy atom. The molecule has 214 valence electrons. The molecule has 3 nitrogen and oxygen atoms in total. The Morgan fingerprint density at radius 1 is 0.391 bits per heavy atom. The summed E-state index contributed by atoms with van der Waals surface area (Å²) in [6.45, 7) is 0. The molecule has 10 aromatic rings. The van der Waals surface area contributed by atoms with E-state index < -0.39 is 0 Å². The molecule has 0 aliphatic heterocycles. The first-order valence-corrected chi connectivity index (χ1v) is 15.7. The summed E-state index contributed by atoms with van der Waals surface area (Å²) < 4.78 is 4.84. The summed E-state index contributed by atoms with van der Waals surface area (Å²) in [7, 11) is 0. The number of benzene rings is 6. The topological polar surface area (TPSA) is 22.2 Å². The van der Waals surface area contributed by atoms with Crippen LogP contribution in [0.25, 0.3) is 88.1 Å². The van der Waals surface area contributed by atoms with Crippen LogP contribution >= 0.6 is 0 Å². The third kappa shape index (κ3) is 3.57. The normalized spacial score (nSPS) is 11.9. The molecule has 10 rings (SSSR count). The van der Waals surface area contributed by atoms with E-state index in [1.165, 1.54) is 59.9 Å². The average Bonchev–Trinajstić information content (AvgIpc) is 3.69. The maximum absolute atomic E-state index is 5.42. The summed E-state index contributed by atoms with van der Waals surface area (Å²) in [5.74, 6) is 0.903. The van der Waals surface area contributed by atoms with Gasteiger partial charge in [-0.15, -0.1) is 0 Å². The second-order valence-electron chi connectivity index (χ2n) is 12.0. The molecule has 0 aliphatic rings. The van der Waals surface area contributed by atoms with Gasteiger partial charge >= 0.3 is 0 Å². The number of rotatable bonds is 3. The van der Waals surface area contributed by atoms with Gasteiger partial charge < -0.3 is 4.40 Å². The predicted molar refractivity (Wildman–Crippen MR) is 193 cm³/mol. The van der Waals surface area contributed by atoms with E-state index in [0.717, 1.165) is 28.2 Å². The van der Waals surface area contributed by atoms with Gasteiger partial charge in [-0.3, -0.25) is 4.57 Å². The molecule has 0 bridgehead atoms. The minimum atomic E-state index is 0.903. The van der Waals surface area contributed by atoms with E-state index in [4.69, 9.17) is 4.98 Å². The largest absolute Gasteiger partial charge is 0.309 e. The lowest BCUT2D eigenvalue weighted by Gasteiger charge is -2.16. The maximum Gasteiger partial charge on any atom is 0.138 e. The van der Waals surface area contributed by atoms with Gasteiger partial charge in [-0.05, 0) is 52.9 Å². The number of hydrogen-bond donors (Lipinski definition) is 0. The summed E-state index contributed by atoms with van der Waals surface area (Å²) >= 11 is 0. The third-order valence-corrected chi connectivity index (χ3v) is 9.46. The summed E-state index contributed by atoms with van der Waals surface area (Å²) in [5, 5.41) is 7.39. The smallest absolute Gasteiger partial charge is 0.138 e. The van der Waals surface area contributed by atoms with E-state index in [1.54, 1.807) is 0 Å². The fraction of sp³-hybridized carbons (Fsp3) is 0. The minimum absolute atomic E-state index is 0.903. The van der Waals surface area contributed by atoms with Crippen molar-refractivity contribution in [1.29, 1.82) is 0 Å². The number of fused-ring (bicyclic) bond motifs is 12.